The average Bonchev–Trinajstić information content (AvgIpc) is 2.63. The number of aliphatic carboxylic acids is 1. The maximum atomic E-state index is 12.7. The van der Waals surface area contributed by atoms with E-state index in [1.54, 1.807) is 18.2 Å². The standard InChI is InChI=1S/C21H22ClF3O3S/c1-12(2)8-17(20(26)27)14-9-16(13-4-6-15(29-3)7-5-13)19(18(22)10-14)28-11-21(23,24)25/h4-7,9-10,12,17H,8,11H2,1-3H3,(H,26,27)/t17-/m0/s1. The quantitative estimate of drug-likeness (QED) is 0.449. The highest BCUT2D eigenvalue weighted by molar-refractivity contribution is 7.98. The fraction of sp³-hybridized carbons (Fsp3) is 0.381. The van der Waals surface area contributed by atoms with Crippen LogP contribution in [0.15, 0.2) is 41.3 Å². The summed E-state index contributed by atoms with van der Waals surface area (Å²) in [7, 11) is 0. The number of alkyl halides is 3. The number of hydrogen-bond donors (Lipinski definition) is 1. The zero-order valence-electron chi connectivity index (χ0n) is 16.2. The Morgan fingerprint density at radius 2 is 1.83 bits per heavy atom. The van der Waals surface area contributed by atoms with Crippen LogP contribution in [0.5, 0.6) is 5.75 Å². The molecule has 158 valence electrons. The van der Waals surface area contributed by atoms with Gasteiger partial charge in [-0.05, 0) is 54.0 Å². The normalized spacial score (nSPS) is 12.8. The second-order valence-corrected chi connectivity index (χ2v) is 8.32. The van der Waals surface area contributed by atoms with Gasteiger partial charge in [0.15, 0.2) is 6.61 Å². The maximum absolute atomic E-state index is 12.7. The van der Waals surface area contributed by atoms with Crippen molar-refractivity contribution in [2.24, 2.45) is 5.92 Å². The number of halogens is 4. The Kier molecular flexibility index (Phi) is 7.88. The molecule has 2 aromatic carbocycles. The van der Waals surface area contributed by atoms with Crippen LogP contribution in [0, 0.1) is 5.92 Å². The zero-order valence-corrected chi connectivity index (χ0v) is 17.8. The smallest absolute Gasteiger partial charge is 0.422 e. The van der Waals surface area contributed by atoms with Gasteiger partial charge < -0.3 is 9.84 Å². The molecule has 1 N–H and O–H groups in total. The molecule has 0 aromatic heterocycles. The molecule has 0 heterocycles. The Morgan fingerprint density at radius 1 is 1.21 bits per heavy atom. The predicted molar refractivity (Wildman–Crippen MR) is 110 cm³/mol. The maximum Gasteiger partial charge on any atom is 0.422 e. The van der Waals surface area contributed by atoms with Gasteiger partial charge in [0.2, 0.25) is 0 Å². The molecular weight excluding hydrogens is 425 g/mol. The molecule has 1 atom stereocenters. The van der Waals surface area contributed by atoms with Crippen molar-refractivity contribution in [3.05, 3.63) is 47.0 Å². The van der Waals surface area contributed by atoms with E-state index in [4.69, 9.17) is 16.3 Å². The Hall–Kier alpha value is -1.86. The van der Waals surface area contributed by atoms with Gasteiger partial charge in [-0.1, -0.05) is 37.6 Å². The zero-order chi connectivity index (χ0) is 21.8. The predicted octanol–water partition coefficient (Wildman–Crippen LogP) is 6.88. The summed E-state index contributed by atoms with van der Waals surface area (Å²) in [5.41, 5.74) is 1.36. The summed E-state index contributed by atoms with van der Waals surface area (Å²) in [6.07, 6.45) is -2.24. The number of rotatable bonds is 8. The van der Waals surface area contributed by atoms with E-state index in [0.717, 1.165) is 4.90 Å². The van der Waals surface area contributed by atoms with E-state index in [2.05, 4.69) is 0 Å². The van der Waals surface area contributed by atoms with Gasteiger partial charge in [-0.15, -0.1) is 11.8 Å². The molecule has 0 bridgehead atoms. The number of carboxylic acid groups (broad SMARTS) is 1. The van der Waals surface area contributed by atoms with Crippen molar-refractivity contribution in [2.75, 3.05) is 12.9 Å². The topological polar surface area (TPSA) is 46.5 Å². The van der Waals surface area contributed by atoms with Crippen molar-refractivity contribution in [1.82, 2.24) is 0 Å². The number of hydrogen-bond acceptors (Lipinski definition) is 3. The van der Waals surface area contributed by atoms with Crippen LogP contribution in [0.1, 0.15) is 31.7 Å². The number of carboxylic acids is 1. The highest BCUT2D eigenvalue weighted by Gasteiger charge is 2.30. The lowest BCUT2D eigenvalue weighted by Crippen LogP contribution is -2.20. The van der Waals surface area contributed by atoms with Crippen molar-refractivity contribution in [1.29, 1.82) is 0 Å². The third-order valence-corrected chi connectivity index (χ3v) is 5.28. The summed E-state index contributed by atoms with van der Waals surface area (Å²) in [5.74, 6) is -1.84. The first kappa shape index (κ1) is 23.4. The van der Waals surface area contributed by atoms with E-state index < -0.39 is 24.7 Å². The van der Waals surface area contributed by atoms with Crippen LogP contribution in [0.3, 0.4) is 0 Å². The molecule has 2 rings (SSSR count). The first-order valence-corrected chi connectivity index (χ1v) is 10.5. The molecule has 0 aliphatic carbocycles. The average molecular weight is 447 g/mol. The molecule has 0 saturated carbocycles. The van der Waals surface area contributed by atoms with Crippen molar-refractivity contribution in [2.45, 2.75) is 37.3 Å². The second-order valence-electron chi connectivity index (χ2n) is 7.03. The number of carbonyl (C=O) groups is 1. The summed E-state index contributed by atoms with van der Waals surface area (Å²) >= 11 is 7.80. The van der Waals surface area contributed by atoms with Crippen LogP contribution in [-0.2, 0) is 4.79 Å². The Morgan fingerprint density at radius 3 is 2.31 bits per heavy atom. The van der Waals surface area contributed by atoms with Gasteiger partial charge in [0.25, 0.3) is 0 Å². The molecule has 0 unspecified atom stereocenters. The van der Waals surface area contributed by atoms with E-state index in [-0.39, 0.29) is 16.7 Å². The lowest BCUT2D eigenvalue weighted by atomic mass is 9.88. The van der Waals surface area contributed by atoms with Gasteiger partial charge in [0, 0.05) is 10.5 Å². The van der Waals surface area contributed by atoms with E-state index in [1.807, 2.05) is 32.2 Å². The number of thioether (sulfide) groups is 1. The molecule has 0 spiro atoms. The molecule has 0 amide bonds. The van der Waals surface area contributed by atoms with Gasteiger partial charge >= 0.3 is 12.1 Å². The molecule has 0 aliphatic rings. The fourth-order valence-corrected chi connectivity index (χ4v) is 3.64. The minimum Gasteiger partial charge on any atom is -0.482 e. The van der Waals surface area contributed by atoms with Gasteiger partial charge in [0.05, 0.1) is 10.9 Å². The van der Waals surface area contributed by atoms with Crippen molar-refractivity contribution in [3.8, 4) is 16.9 Å². The lowest BCUT2D eigenvalue weighted by molar-refractivity contribution is -0.153. The Labute approximate surface area is 177 Å². The van der Waals surface area contributed by atoms with Crippen LogP contribution in [0.25, 0.3) is 11.1 Å². The third-order valence-electron chi connectivity index (χ3n) is 4.25. The molecule has 0 fully saturated rings. The molecule has 8 heteroatoms. The van der Waals surface area contributed by atoms with Crippen LogP contribution in [0.2, 0.25) is 5.02 Å². The SMILES string of the molecule is CSc1ccc(-c2cc([C@H](CC(C)C)C(=O)O)cc(Cl)c2OCC(F)(F)F)cc1. The van der Waals surface area contributed by atoms with Crippen molar-refractivity contribution < 1.29 is 27.8 Å². The van der Waals surface area contributed by atoms with Gasteiger partial charge in [-0.25, -0.2) is 0 Å². The van der Waals surface area contributed by atoms with E-state index in [0.29, 0.717) is 23.1 Å². The van der Waals surface area contributed by atoms with Gasteiger partial charge in [-0.3, -0.25) is 4.79 Å². The lowest BCUT2D eigenvalue weighted by Gasteiger charge is -2.20. The molecule has 0 saturated heterocycles. The van der Waals surface area contributed by atoms with Gasteiger partial charge in [0.1, 0.15) is 5.75 Å². The highest BCUT2D eigenvalue weighted by Crippen LogP contribution is 2.41. The second kappa shape index (κ2) is 9.76. The van der Waals surface area contributed by atoms with E-state index in [1.165, 1.54) is 17.8 Å². The molecular formula is C21H22ClF3O3S. The number of ether oxygens (including phenoxy) is 1. The van der Waals surface area contributed by atoms with Crippen LogP contribution < -0.4 is 4.74 Å². The number of benzene rings is 2. The van der Waals surface area contributed by atoms with Crippen LogP contribution >= 0.6 is 23.4 Å². The monoisotopic (exact) mass is 446 g/mol. The Bertz CT molecular complexity index is 851. The fourth-order valence-electron chi connectivity index (χ4n) is 2.95. The third kappa shape index (κ3) is 6.57. The largest absolute Gasteiger partial charge is 0.482 e. The first-order chi connectivity index (χ1) is 13.5. The van der Waals surface area contributed by atoms with Crippen molar-refractivity contribution in [3.63, 3.8) is 0 Å². The van der Waals surface area contributed by atoms with Gasteiger partial charge in [-0.2, -0.15) is 13.2 Å². The Balaban J connectivity index is 2.59. The summed E-state index contributed by atoms with van der Waals surface area (Å²) in [6, 6.07) is 10.1. The highest BCUT2D eigenvalue weighted by atomic mass is 35.5. The van der Waals surface area contributed by atoms with Crippen molar-refractivity contribution >= 4 is 29.3 Å². The summed E-state index contributed by atoms with van der Waals surface area (Å²) in [4.78, 5) is 12.8. The molecule has 3 nitrogen and oxygen atoms in total. The van der Waals surface area contributed by atoms with E-state index in [9.17, 15) is 23.1 Å². The molecule has 0 radical (unpaired) electrons. The first-order valence-electron chi connectivity index (χ1n) is 8.92. The molecule has 29 heavy (non-hydrogen) atoms. The minimum atomic E-state index is -4.52. The summed E-state index contributed by atoms with van der Waals surface area (Å²) in [5, 5.41) is 9.60. The van der Waals surface area contributed by atoms with E-state index >= 15 is 0 Å². The molecule has 0 aliphatic heterocycles. The minimum absolute atomic E-state index is 0.0503. The summed E-state index contributed by atoms with van der Waals surface area (Å²) in [6.45, 7) is 2.32. The summed E-state index contributed by atoms with van der Waals surface area (Å²) < 4.78 is 43.2. The van der Waals surface area contributed by atoms with Crippen LogP contribution in [0.4, 0.5) is 13.2 Å². The van der Waals surface area contributed by atoms with Crippen LogP contribution in [-0.4, -0.2) is 30.1 Å². The molecule has 2 aromatic rings.